The average molecular weight is 267 g/mol. The summed E-state index contributed by atoms with van der Waals surface area (Å²) in [7, 11) is 0. The fraction of sp³-hybridized carbons (Fsp3) is 0.357. The van der Waals surface area contributed by atoms with Gasteiger partial charge in [0.15, 0.2) is 0 Å². The smallest absolute Gasteiger partial charge is 0.244 e. The van der Waals surface area contributed by atoms with Crippen LogP contribution in [-0.4, -0.2) is 23.7 Å². The van der Waals surface area contributed by atoms with Gasteiger partial charge in [-0.3, -0.25) is 4.79 Å². The molecule has 3 nitrogen and oxygen atoms in total. The number of aliphatic hydroxyl groups is 1. The van der Waals surface area contributed by atoms with Gasteiger partial charge >= 0.3 is 0 Å². The topological polar surface area (TPSA) is 49.3 Å². The molecule has 102 valence electrons. The number of benzene rings is 1. The summed E-state index contributed by atoms with van der Waals surface area (Å²) < 4.78 is 26.5. The van der Waals surface area contributed by atoms with Crippen LogP contribution in [-0.2, 0) is 4.79 Å². The Morgan fingerprint density at radius 3 is 2.63 bits per heavy atom. The molecule has 0 saturated heterocycles. The standard InChI is InChI=1S/C14H15F2NO2/c15-11-2-1-3-12(16)10(11)6-7-14(19)17-8-13(18)9-4-5-9/h1-3,6-7,9,13,18H,4-5,8H2,(H,17,19)/b7-6+. The van der Waals surface area contributed by atoms with Crippen LogP contribution in [0.15, 0.2) is 24.3 Å². The normalized spacial score (nSPS) is 16.6. The number of hydrogen-bond donors (Lipinski definition) is 2. The SMILES string of the molecule is O=C(/C=C/c1c(F)cccc1F)NCC(O)C1CC1. The highest BCUT2D eigenvalue weighted by Crippen LogP contribution is 2.32. The fourth-order valence-corrected chi connectivity index (χ4v) is 1.74. The molecule has 0 bridgehead atoms. The lowest BCUT2D eigenvalue weighted by Gasteiger charge is -2.08. The van der Waals surface area contributed by atoms with E-state index in [9.17, 15) is 18.7 Å². The van der Waals surface area contributed by atoms with Crippen LogP contribution >= 0.6 is 0 Å². The van der Waals surface area contributed by atoms with Crippen molar-refractivity contribution in [2.45, 2.75) is 18.9 Å². The van der Waals surface area contributed by atoms with Gasteiger partial charge in [-0.25, -0.2) is 8.78 Å². The summed E-state index contributed by atoms with van der Waals surface area (Å²) in [5.74, 6) is -1.65. The number of rotatable bonds is 5. The van der Waals surface area contributed by atoms with Crippen LogP contribution in [0.4, 0.5) is 8.78 Å². The third kappa shape index (κ3) is 3.86. The summed E-state index contributed by atoms with van der Waals surface area (Å²) in [4.78, 5) is 11.4. The minimum absolute atomic E-state index is 0.160. The van der Waals surface area contributed by atoms with E-state index < -0.39 is 23.6 Å². The Labute approximate surface area is 109 Å². The Bertz CT molecular complexity index is 478. The van der Waals surface area contributed by atoms with Gasteiger partial charge in [0.25, 0.3) is 0 Å². The predicted molar refractivity (Wildman–Crippen MR) is 67.1 cm³/mol. The van der Waals surface area contributed by atoms with Gasteiger partial charge in [-0.1, -0.05) is 6.07 Å². The molecule has 1 fully saturated rings. The number of aliphatic hydroxyl groups excluding tert-OH is 1. The van der Waals surface area contributed by atoms with E-state index in [0.29, 0.717) is 0 Å². The highest BCUT2D eigenvalue weighted by molar-refractivity contribution is 5.91. The lowest BCUT2D eigenvalue weighted by Crippen LogP contribution is -2.31. The van der Waals surface area contributed by atoms with E-state index in [1.807, 2.05) is 0 Å². The molecule has 2 N–H and O–H groups in total. The molecule has 0 spiro atoms. The summed E-state index contributed by atoms with van der Waals surface area (Å²) in [5, 5.41) is 12.0. The quantitative estimate of drug-likeness (QED) is 0.800. The van der Waals surface area contributed by atoms with Gasteiger partial charge in [-0.15, -0.1) is 0 Å². The highest BCUT2D eigenvalue weighted by Gasteiger charge is 2.29. The maximum atomic E-state index is 13.3. The molecular formula is C14H15F2NO2. The van der Waals surface area contributed by atoms with Crippen molar-refractivity contribution < 1.29 is 18.7 Å². The molecule has 1 aliphatic carbocycles. The molecule has 0 radical (unpaired) electrons. The second-order valence-corrected chi connectivity index (χ2v) is 4.62. The van der Waals surface area contributed by atoms with E-state index in [4.69, 9.17) is 0 Å². The van der Waals surface area contributed by atoms with E-state index in [2.05, 4.69) is 5.32 Å². The lowest BCUT2D eigenvalue weighted by molar-refractivity contribution is -0.116. The highest BCUT2D eigenvalue weighted by atomic mass is 19.1. The molecular weight excluding hydrogens is 252 g/mol. The summed E-state index contributed by atoms with van der Waals surface area (Å²) in [6, 6.07) is 3.50. The Morgan fingerprint density at radius 2 is 2.05 bits per heavy atom. The Hall–Kier alpha value is -1.75. The van der Waals surface area contributed by atoms with Crippen molar-refractivity contribution in [3.8, 4) is 0 Å². The molecule has 1 atom stereocenters. The molecule has 5 heteroatoms. The van der Waals surface area contributed by atoms with Crippen molar-refractivity contribution in [2.75, 3.05) is 6.54 Å². The van der Waals surface area contributed by atoms with Crippen molar-refractivity contribution in [2.24, 2.45) is 5.92 Å². The fourth-order valence-electron chi connectivity index (χ4n) is 1.74. The third-order valence-corrected chi connectivity index (χ3v) is 3.05. The largest absolute Gasteiger partial charge is 0.391 e. The van der Waals surface area contributed by atoms with Crippen LogP contribution in [0.3, 0.4) is 0 Å². The molecule has 1 aromatic rings. The number of carbonyl (C=O) groups excluding carboxylic acids is 1. The number of halogens is 2. The molecule has 0 aromatic heterocycles. The summed E-state index contributed by atoms with van der Waals surface area (Å²) in [5.41, 5.74) is -0.250. The first kappa shape index (κ1) is 13.7. The Kier molecular flexibility index (Phi) is 4.27. The first-order valence-electron chi connectivity index (χ1n) is 6.16. The van der Waals surface area contributed by atoms with Gasteiger partial charge in [0.1, 0.15) is 11.6 Å². The minimum Gasteiger partial charge on any atom is -0.391 e. The van der Waals surface area contributed by atoms with E-state index in [0.717, 1.165) is 37.1 Å². The lowest BCUT2D eigenvalue weighted by atomic mass is 10.2. The molecule has 1 aliphatic rings. The second-order valence-electron chi connectivity index (χ2n) is 4.62. The number of hydrogen-bond acceptors (Lipinski definition) is 2. The van der Waals surface area contributed by atoms with Gasteiger partial charge in [0.2, 0.25) is 5.91 Å². The van der Waals surface area contributed by atoms with Gasteiger partial charge in [-0.05, 0) is 37.0 Å². The zero-order valence-electron chi connectivity index (χ0n) is 10.3. The zero-order valence-corrected chi connectivity index (χ0v) is 10.3. The molecule has 19 heavy (non-hydrogen) atoms. The molecule has 1 aromatic carbocycles. The molecule has 0 aliphatic heterocycles. The number of carbonyl (C=O) groups is 1. The van der Waals surface area contributed by atoms with Crippen LogP contribution < -0.4 is 5.32 Å². The molecule has 1 amide bonds. The molecule has 2 rings (SSSR count). The minimum atomic E-state index is -0.720. The summed E-state index contributed by atoms with van der Waals surface area (Å²) in [6.45, 7) is 0.160. The van der Waals surface area contributed by atoms with Crippen LogP contribution in [0.25, 0.3) is 6.08 Å². The van der Waals surface area contributed by atoms with Crippen molar-refractivity contribution in [1.29, 1.82) is 0 Å². The van der Waals surface area contributed by atoms with E-state index >= 15 is 0 Å². The van der Waals surface area contributed by atoms with Crippen molar-refractivity contribution in [3.05, 3.63) is 41.5 Å². The Morgan fingerprint density at radius 1 is 1.42 bits per heavy atom. The monoisotopic (exact) mass is 267 g/mol. The first-order valence-corrected chi connectivity index (χ1v) is 6.16. The van der Waals surface area contributed by atoms with Gasteiger partial charge in [0.05, 0.1) is 6.10 Å². The van der Waals surface area contributed by atoms with Gasteiger partial charge < -0.3 is 10.4 Å². The molecule has 1 saturated carbocycles. The van der Waals surface area contributed by atoms with Crippen LogP contribution in [0.5, 0.6) is 0 Å². The van der Waals surface area contributed by atoms with Crippen molar-refractivity contribution in [3.63, 3.8) is 0 Å². The van der Waals surface area contributed by atoms with Crippen molar-refractivity contribution >= 4 is 12.0 Å². The number of nitrogens with one attached hydrogen (secondary N) is 1. The van der Waals surface area contributed by atoms with Crippen LogP contribution in [0, 0.1) is 17.6 Å². The molecule has 1 unspecified atom stereocenters. The molecule has 0 heterocycles. The third-order valence-electron chi connectivity index (χ3n) is 3.05. The average Bonchev–Trinajstić information content (AvgIpc) is 3.19. The first-order chi connectivity index (χ1) is 9.08. The zero-order chi connectivity index (χ0) is 13.8. The van der Waals surface area contributed by atoms with Gasteiger partial charge in [-0.2, -0.15) is 0 Å². The predicted octanol–water partition coefficient (Wildman–Crippen LogP) is 1.87. The number of amides is 1. The van der Waals surface area contributed by atoms with Gasteiger partial charge in [0, 0.05) is 18.2 Å². The van der Waals surface area contributed by atoms with E-state index in [1.165, 1.54) is 6.07 Å². The summed E-state index contributed by atoms with van der Waals surface area (Å²) in [6.07, 6.45) is 3.56. The Balaban J connectivity index is 1.88. The van der Waals surface area contributed by atoms with Crippen LogP contribution in [0.1, 0.15) is 18.4 Å². The van der Waals surface area contributed by atoms with E-state index in [1.54, 1.807) is 0 Å². The maximum absolute atomic E-state index is 13.3. The maximum Gasteiger partial charge on any atom is 0.244 e. The second kappa shape index (κ2) is 5.93. The van der Waals surface area contributed by atoms with E-state index in [-0.39, 0.29) is 18.0 Å². The van der Waals surface area contributed by atoms with Crippen molar-refractivity contribution in [1.82, 2.24) is 5.32 Å². The van der Waals surface area contributed by atoms with Crippen LogP contribution in [0.2, 0.25) is 0 Å². The summed E-state index contributed by atoms with van der Waals surface area (Å²) >= 11 is 0.